The van der Waals surface area contributed by atoms with Crippen LogP contribution in [0, 0.1) is 24.7 Å². The predicted molar refractivity (Wildman–Crippen MR) is 110 cm³/mol. The summed E-state index contributed by atoms with van der Waals surface area (Å²) < 4.78 is 24.8. The molecule has 2 fully saturated rings. The van der Waals surface area contributed by atoms with E-state index in [4.69, 9.17) is 16.4 Å². The van der Waals surface area contributed by atoms with Crippen molar-refractivity contribution in [1.82, 2.24) is 5.48 Å². The maximum atomic E-state index is 13.3. The van der Waals surface area contributed by atoms with E-state index in [1.54, 1.807) is 13.0 Å². The van der Waals surface area contributed by atoms with Crippen LogP contribution in [0.4, 0.5) is 0 Å². The summed E-state index contributed by atoms with van der Waals surface area (Å²) in [6.45, 7) is 1.61. The van der Waals surface area contributed by atoms with Gasteiger partial charge in [0.15, 0.2) is 27.2 Å². The predicted octanol–water partition coefficient (Wildman–Crippen LogP) is 2.25. The molecule has 2 saturated carbocycles. The van der Waals surface area contributed by atoms with Gasteiger partial charge in [-0.25, -0.2) is 8.42 Å². The molecule has 0 aromatic heterocycles. The lowest BCUT2D eigenvalue weighted by Crippen LogP contribution is -2.41. The smallest absolute Gasteiger partial charge is 0.181 e. The second-order valence-corrected chi connectivity index (χ2v) is 10.5. The molecule has 30 heavy (non-hydrogen) atoms. The molecule has 1 aromatic rings. The quantitative estimate of drug-likeness (QED) is 0.415. The molecule has 2 aliphatic carbocycles. The maximum Gasteiger partial charge on any atom is 0.181 e. The molecule has 3 aliphatic rings. The molecule has 2 bridgehead atoms. The van der Waals surface area contributed by atoms with E-state index in [1.165, 1.54) is 12.1 Å². The number of sulfone groups is 1. The first-order chi connectivity index (χ1) is 14.1. The Hall–Kier alpha value is -2.03. The summed E-state index contributed by atoms with van der Waals surface area (Å²) in [6.07, 6.45) is 4.09. The second kappa shape index (κ2) is 7.59. The molecular formula is C21H22ClNO6S. The Morgan fingerprint density at radius 1 is 1.20 bits per heavy atom. The van der Waals surface area contributed by atoms with E-state index in [1.807, 2.05) is 0 Å². The largest absolute Gasteiger partial charge is 0.298 e. The van der Waals surface area contributed by atoms with Gasteiger partial charge in [-0.2, -0.15) is 0 Å². The fourth-order valence-electron chi connectivity index (χ4n) is 4.72. The minimum atomic E-state index is -3.63. The average Bonchev–Trinajstić information content (AvgIpc) is 3.34. The third-order valence-electron chi connectivity index (χ3n) is 6.25. The number of fused-ring (bicyclic) bond motifs is 2. The zero-order valence-corrected chi connectivity index (χ0v) is 18.2. The zero-order chi connectivity index (χ0) is 21.8. The van der Waals surface area contributed by atoms with Gasteiger partial charge < -0.3 is 0 Å². The monoisotopic (exact) mass is 451 g/mol. The van der Waals surface area contributed by atoms with Crippen LogP contribution >= 0.6 is 11.6 Å². The van der Waals surface area contributed by atoms with E-state index in [9.17, 15) is 22.8 Å². The molecule has 160 valence electrons. The molecule has 0 saturated heterocycles. The number of hydroxylamine groups is 1. The van der Waals surface area contributed by atoms with Crippen LogP contribution in [-0.2, 0) is 24.3 Å². The highest BCUT2D eigenvalue weighted by molar-refractivity contribution is 7.90. The van der Waals surface area contributed by atoms with Gasteiger partial charge in [-0.15, -0.1) is 11.6 Å². The molecule has 7 nitrogen and oxygen atoms in total. The van der Waals surface area contributed by atoms with Gasteiger partial charge in [0.2, 0.25) is 0 Å². The van der Waals surface area contributed by atoms with Crippen LogP contribution in [0.15, 0.2) is 23.1 Å². The van der Waals surface area contributed by atoms with Gasteiger partial charge in [-0.3, -0.25) is 24.7 Å². The molecule has 3 unspecified atom stereocenters. The van der Waals surface area contributed by atoms with Crippen LogP contribution in [0.2, 0.25) is 0 Å². The number of hydrogen-bond donors (Lipinski definition) is 1. The van der Waals surface area contributed by atoms with Crippen LogP contribution < -0.4 is 5.48 Å². The normalized spacial score (nSPS) is 28.4. The number of halogens is 1. The molecule has 1 aromatic carbocycles. The van der Waals surface area contributed by atoms with E-state index in [2.05, 4.69) is 5.48 Å². The van der Waals surface area contributed by atoms with Crippen molar-refractivity contribution >= 4 is 44.5 Å². The third-order valence-corrected chi connectivity index (χ3v) is 7.70. The van der Waals surface area contributed by atoms with Crippen molar-refractivity contribution in [3.63, 3.8) is 0 Å². The molecule has 0 spiro atoms. The van der Waals surface area contributed by atoms with Crippen molar-refractivity contribution in [1.29, 1.82) is 0 Å². The highest BCUT2D eigenvalue weighted by Crippen LogP contribution is 2.42. The lowest BCUT2D eigenvalue weighted by Gasteiger charge is -2.25. The Kier molecular flexibility index (Phi) is 5.36. The summed E-state index contributed by atoms with van der Waals surface area (Å²) in [5.41, 5.74) is 3.90. The summed E-state index contributed by atoms with van der Waals surface area (Å²) >= 11 is 5.82. The average molecular weight is 452 g/mol. The van der Waals surface area contributed by atoms with E-state index < -0.39 is 27.6 Å². The summed E-state index contributed by atoms with van der Waals surface area (Å²) in [6, 6.07) is 2.73. The Labute approximate surface area is 179 Å². The van der Waals surface area contributed by atoms with Crippen LogP contribution in [0.1, 0.15) is 40.7 Å². The number of ketones is 3. The second-order valence-electron chi connectivity index (χ2n) is 8.19. The molecule has 1 heterocycles. The standard InChI is InChI=1S/C21H22ClNO6S/c1-10-14(21(26)18-19(24)11-3-4-12(7-11)20(18)25)5-6-16(30(2,27)28)17(10)15-8-13(9-22)29-23-15/h5-6,8,11-13,18,23H,3-4,7,9H2,1-2H3. The minimum Gasteiger partial charge on any atom is -0.298 e. The Balaban J connectivity index is 1.82. The SMILES string of the molecule is Cc1c(C(=O)C2C(=O)C3CCC(C3)C2=O)ccc(S(C)(=O)=O)c1C1=CC(CCl)ON1. The van der Waals surface area contributed by atoms with E-state index in [0.29, 0.717) is 30.5 Å². The number of alkyl halides is 1. The first kappa shape index (κ1) is 21.2. The molecule has 9 heteroatoms. The van der Waals surface area contributed by atoms with E-state index in [-0.39, 0.29) is 45.3 Å². The summed E-state index contributed by atoms with van der Waals surface area (Å²) in [4.78, 5) is 44.2. The van der Waals surface area contributed by atoms with Crippen LogP contribution in [0.25, 0.3) is 5.70 Å². The molecule has 3 atom stereocenters. The number of nitrogens with one attached hydrogen (secondary N) is 1. The van der Waals surface area contributed by atoms with Crippen LogP contribution in [-0.4, -0.2) is 44.0 Å². The molecule has 0 amide bonds. The zero-order valence-electron chi connectivity index (χ0n) is 16.6. The highest BCUT2D eigenvalue weighted by atomic mass is 35.5. The van der Waals surface area contributed by atoms with Crippen molar-refractivity contribution in [2.75, 3.05) is 12.1 Å². The molecule has 1 N–H and O–H groups in total. The number of carbonyl (C=O) groups excluding carboxylic acids is 3. The molecular weight excluding hydrogens is 430 g/mol. The molecule has 0 radical (unpaired) electrons. The Morgan fingerprint density at radius 3 is 2.37 bits per heavy atom. The van der Waals surface area contributed by atoms with Gasteiger partial charge in [-0.05, 0) is 50.0 Å². The van der Waals surface area contributed by atoms with Gasteiger partial charge >= 0.3 is 0 Å². The summed E-state index contributed by atoms with van der Waals surface area (Å²) in [5, 5.41) is 0. The topological polar surface area (TPSA) is 107 Å². The summed E-state index contributed by atoms with van der Waals surface area (Å²) in [5.74, 6) is -2.80. The fourth-order valence-corrected chi connectivity index (χ4v) is 5.83. The maximum absolute atomic E-state index is 13.3. The third kappa shape index (κ3) is 3.40. The first-order valence-corrected chi connectivity index (χ1v) is 12.2. The molecule has 1 aliphatic heterocycles. The Morgan fingerprint density at radius 2 is 1.83 bits per heavy atom. The summed E-state index contributed by atoms with van der Waals surface area (Å²) in [7, 11) is -3.63. The van der Waals surface area contributed by atoms with Gasteiger partial charge in [0.1, 0.15) is 12.0 Å². The van der Waals surface area contributed by atoms with Crippen LogP contribution in [0.3, 0.4) is 0 Å². The van der Waals surface area contributed by atoms with Crippen molar-refractivity contribution < 1.29 is 27.6 Å². The first-order valence-electron chi connectivity index (χ1n) is 9.78. The lowest BCUT2D eigenvalue weighted by molar-refractivity contribution is -0.137. The minimum absolute atomic E-state index is 0.0236. The fraction of sp³-hybridized carbons (Fsp3) is 0.476. The highest BCUT2D eigenvalue weighted by Gasteiger charge is 2.50. The van der Waals surface area contributed by atoms with Gasteiger partial charge in [0.05, 0.1) is 16.5 Å². The van der Waals surface area contributed by atoms with Gasteiger partial charge in [-0.1, -0.05) is 0 Å². The van der Waals surface area contributed by atoms with Crippen molar-refractivity contribution in [3.8, 4) is 0 Å². The Bertz CT molecular complexity index is 1070. The molecule has 4 rings (SSSR count). The number of Topliss-reactive ketones (excluding diaryl/α,β-unsaturated/α-hetero) is 3. The van der Waals surface area contributed by atoms with Crippen molar-refractivity contribution in [3.05, 3.63) is 34.9 Å². The van der Waals surface area contributed by atoms with E-state index >= 15 is 0 Å². The number of hydrogen-bond acceptors (Lipinski definition) is 7. The van der Waals surface area contributed by atoms with Crippen LogP contribution in [0.5, 0.6) is 0 Å². The van der Waals surface area contributed by atoms with Gasteiger partial charge in [0.25, 0.3) is 0 Å². The van der Waals surface area contributed by atoms with Gasteiger partial charge in [0, 0.05) is 29.2 Å². The van der Waals surface area contributed by atoms with E-state index in [0.717, 1.165) is 6.26 Å². The van der Waals surface area contributed by atoms with Crippen molar-refractivity contribution in [2.24, 2.45) is 17.8 Å². The number of benzene rings is 1. The van der Waals surface area contributed by atoms with Crippen molar-refractivity contribution in [2.45, 2.75) is 37.2 Å². The number of carbonyl (C=O) groups is 3. The lowest BCUT2D eigenvalue weighted by atomic mass is 9.74. The number of rotatable bonds is 5.